The van der Waals surface area contributed by atoms with Gasteiger partial charge in [0.15, 0.2) is 0 Å². The number of nitrogens with one attached hydrogen (secondary N) is 1. The van der Waals surface area contributed by atoms with E-state index in [0.29, 0.717) is 10.6 Å². The van der Waals surface area contributed by atoms with Gasteiger partial charge in [0.2, 0.25) is 5.91 Å². The molecule has 0 aromatic heterocycles. The molecule has 2 rings (SSSR count). The molecule has 134 valence electrons. The molecule has 0 spiro atoms. The normalized spacial score (nSPS) is 14.5. The SMILES string of the molecule is CC(C)CN1C(=O)C(=O)N(CC(=O)Nc2ccc(N(C)C)cc2)C1=O. The standard InChI is InChI=1S/C17H22N4O4/c1-11(2)9-20-15(23)16(24)21(17(20)25)10-14(22)18-12-5-7-13(8-6-12)19(3)4/h5-8,11H,9-10H2,1-4H3,(H,18,22). The fourth-order valence-corrected chi connectivity index (χ4v) is 2.40. The molecule has 25 heavy (non-hydrogen) atoms. The molecule has 1 fully saturated rings. The van der Waals surface area contributed by atoms with Gasteiger partial charge in [0.25, 0.3) is 0 Å². The smallest absolute Gasteiger partial charge is 0.334 e. The third-order valence-corrected chi connectivity index (χ3v) is 3.65. The van der Waals surface area contributed by atoms with Crippen molar-refractivity contribution in [2.45, 2.75) is 13.8 Å². The van der Waals surface area contributed by atoms with Gasteiger partial charge in [0.1, 0.15) is 6.54 Å². The van der Waals surface area contributed by atoms with Crippen molar-refractivity contribution < 1.29 is 19.2 Å². The van der Waals surface area contributed by atoms with Crippen LogP contribution in [0.15, 0.2) is 24.3 Å². The highest BCUT2D eigenvalue weighted by atomic mass is 16.2. The topological polar surface area (TPSA) is 90.0 Å². The van der Waals surface area contributed by atoms with E-state index in [4.69, 9.17) is 0 Å². The van der Waals surface area contributed by atoms with E-state index in [-0.39, 0.29) is 12.5 Å². The summed E-state index contributed by atoms with van der Waals surface area (Å²) >= 11 is 0. The van der Waals surface area contributed by atoms with Gasteiger partial charge in [-0.05, 0) is 30.2 Å². The molecule has 5 amide bonds. The molecule has 0 aliphatic carbocycles. The average Bonchev–Trinajstić information content (AvgIpc) is 2.73. The molecule has 8 nitrogen and oxygen atoms in total. The summed E-state index contributed by atoms with van der Waals surface area (Å²) in [4.78, 5) is 51.6. The third kappa shape index (κ3) is 4.14. The maximum absolute atomic E-state index is 12.2. The Balaban J connectivity index is 2.01. The molecule has 1 aromatic rings. The third-order valence-electron chi connectivity index (χ3n) is 3.65. The number of hydrogen-bond donors (Lipinski definition) is 1. The van der Waals surface area contributed by atoms with E-state index in [1.807, 2.05) is 45.0 Å². The largest absolute Gasteiger partial charge is 0.378 e. The number of rotatable bonds is 6. The zero-order valence-corrected chi connectivity index (χ0v) is 14.8. The minimum atomic E-state index is -0.969. The van der Waals surface area contributed by atoms with Crippen molar-refractivity contribution in [2.24, 2.45) is 5.92 Å². The highest BCUT2D eigenvalue weighted by Crippen LogP contribution is 2.17. The van der Waals surface area contributed by atoms with Gasteiger partial charge in [-0.25, -0.2) is 9.69 Å². The quantitative estimate of drug-likeness (QED) is 0.616. The predicted molar refractivity (Wildman–Crippen MR) is 93.1 cm³/mol. The lowest BCUT2D eigenvalue weighted by Gasteiger charge is -2.17. The first-order chi connectivity index (χ1) is 11.7. The van der Waals surface area contributed by atoms with E-state index in [9.17, 15) is 19.2 Å². The van der Waals surface area contributed by atoms with Gasteiger partial charge in [-0.1, -0.05) is 13.8 Å². The summed E-state index contributed by atoms with van der Waals surface area (Å²) in [6.45, 7) is 3.32. The van der Waals surface area contributed by atoms with Crippen LogP contribution >= 0.6 is 0 Å². The minimum Gasteiger partial charge on any atom is -0.378 e. The van der Waals surface area contributed by atoms with Gasteiger partial charge in [-0.15, -0.1) is 0 Å². The van der Waals surface area contributed by atoms with Crippen LogP contribution in [0.25, 0.3) is 0 Å². The molecular weight excluding hydrogens is 324 g/mol. The van der Waals surface area contributed by atoms with Gasteiger partial charge in [-0.2, -0.15) is 0 Å². The average molecular weight is 346 g/mol. The van der Waals surface area contributed by atoms with Crippen molar-refractivity contribution in [2.75, 3.05) is 37.4 Å². The Labute approximate surface area is 146 Å². The highest BCUT2D eigenvalue weighted by Gasteiger charge is 2.45. The first-order valence-electron chi connectivity index (χ1n) is 7.95. The monoisotopic (exact) mass is 346 g/mol. The lowest BCUT2D eigenvalue weighted by atomic mass is 10.2. The van der Waals surface area contributed by atoms with Crippen LogP contribution in [0.3, 0.4) is 0 Å². The molecule has 0 atom stereocenters. The molecular formula is C17H22N4O4. The van der Waals surface area contributed by atoms with E-state index in [1.54, 1.807) is 12.1 Å². The maximum atomic E-state index is 12.2. The molecule has 1 N–H and O–H groups in total. The Morgan fingerprint density at radius 1 is 1.04 bits per heavy atom. The molecule has 0 unspecified atom stereocenters. The first-order valence-corrected chi connectivity index (χ1v) is 7.95. The number of imide groups is 2. The van der Waals surface area contributed by atoms with Gasteiger partial charge < -0.3 is 10.2 Å². The molecule has 1 aromatic carbocycles. The molecule has 1 aliphatic rings. The van der Waals surface area contributed by atoms with Crippen LogP contribution in [-0.2, 0) is 14.4 Å². The maximum Gasteiger partial charge on any atom is 0.334 e. The zero-order valence-electron chi connectivity index (χ0n) is 14.8. The summed E-state index contributed by atoms with van der Waals surface area (Å²) < 4.78 is 0. The predicted octanol–water partition coefficient (Wildman–Crippen LogP) is 1.14. The Morgan fingerprint density at radius 2 is 1.60 bits per heavy atom. The van der Waals surface area contributed by atoms with Crippen LogP contribution < -0.4 is 10.2 Å². The lowest BCUT2D eigenvalue weighted by Crippen LogP contribution is -2.39. The Bertz CT molecular complexity index is 697. The van der Waals surface area contributed by atoms with Crippen molar-refractivity contribution in [1.82, 2.24) is 9.80 Å². The summed E-state index contributed by atoms with van der Waals surface area (Å²) in [6.07, 6.45) is 0. The molecule has 1 heterocycles. The Hall–Kier alpha value is -2.90. The van der Waals surface area contributed by atoms with Crippen molar-refractivity contribution in [3.05, 3.63) is 24.3 Å². The lowest BCUT2D eigenvalue weighted by molar-refractivity contribution is -0.143. The number of carbonyl (C=O) groups excluding carboxylic acids is 4. The number of amides is 5. The van der Waals surface area contributed by atoms with Crippen LogP contribution in [0.5, 0.6) is 0 Å². The van der Waals surface area contributed by atoms with Crippen molar-refractivity contribution >= 4 is 35.1 Å². The Kier molecular flexibility index (Phi) is 5.41. The second-order valence-corrected chi connectivity index (χ2v) is 6.47. The van der Waals surface area contributed by atoms with E-state index in [1.165, 1.54) is 0 Å². The fraction of sp³-hybridized carbons (Fsp3) is 0.412. The van der Waals surface area contributed by atoms with Crippen LogP contribution in [0.2, 0.25) is 0 Å². The summed E-state index contributed by atoms with van der Waals surface area (Å²) in [5.74, 6) is -2.37. The van der Waals surface area contributed by atoms with Crippen LogP contribution in [0.4, 0.5) is 16.2 Å². The number of hydrogen-bond acceptors (Lipinski definition) is 5. The minimum absolute atomic E-state index is 0.0321. The number of carbonyl (C=O) groups is 4. The number of nitrogens with zero attached hydrogens (tertiary/aromatic N) is 3. The molecule has 8 heteroatoms. The molecule has 0 radical (unpaired) electrons. The van der Waals surface area contributed by atoms with E-state index < -0.39 is 30.3 Å². The number of urea groups is 1. The van der Waals surface area contributed by atoms with E-state index in [0.717, 1.165) is 10.6 Å². The second kappa shape index (κ2) is 7.33. The van der Waals surface area contributed by atoms with E-state index >= 15 is 0 Å². The van der Waals surface area contributed by atoms with Crippen molar-refractivity contribution in [3.8, 4) is 0 Å². The fourth-order valence-electron chi connectivity index (χ4n) is 2.40. The highest BCUT2D eigenvalue weighted by molar-refractivity contribution is 6.45. The van der Waals surface area contributed by atoms with Crippen molar-refractivity contribution in [3.63, 3.8) is 0 Å². The van der Waals surface area contributed by atoms with Crippen LogP contribution in [-0.4, -0.2) is 60.7 Å². The zero-order chi connectivity index (χ0) is 18.7. The summed E-state index contributed by atoms with van der Waals surface area (Å²) in [6, 6.07) is 6.35. The van der Waals surface area contributed by atoms with Crippen LogP contribution in [0.1, 0.15) is 13.8 Å². The van der Waals surface area contributed by atoms with Crippen LogP contribution in [0, 0.1) is 5.92 Å². The van der Waals surface area contributed by atoms with Crippen molar-refractivity contribution in [1.29, 1.82) is 0 Å². The van der Waals surface area contributed by atoms with Gasteiger partial charge in [-0.3, -0.25) is 19.3 Å². The molecule has 0 saturated carbocycles. The van der Waals surface area contributed by atoms with E-state index in [2.05, 4.69) is 5.32 Å². The molecule has 1 saturated heterocycles. The Morgan fingerprint density at radius 3 is 2.12 bits per heavy atom. The molecule has 1 aliphatic heterocycles. The summed E-state index contributed by atoms with van der Waals surface area (Å²) in [7, 11) is 3.80. The van der Waals surface area contributed by atoms with Gasteiger partial charge in [0.05, 0.1) is 0 Å². The van der Waals surface area contributed by atoms with Gasteiger partial charge in [0, 0.05) is 32.0 Å². The summed E-state index contributed by atoms with van der Waals surface area (Å²) in [5.41, 5.74) is 1.51. The number of anilines is 2. The number of benzene rings is 1. The first kappa shape index (κ1) is 18.4. The molecule has 0 bridgehead atoms. The summed E-state index contributed by atoms with van der Waals surface area (Å²) in [5, 5.41) is 2.61. The van der Waals surface area contributed by atoms with Gasteiger partial charge >= 0.3 is 17.8 Å². The second-order valence-electron chi connectivity index (χ2n) is 6.47.